The maximum Gasteiger partial charge on any atom is 0.253 e. The molecular formula is C30H26Cl2N2O7. The molecule has 3 fully saturated rings. The maximum absolute atomic E-state index is 14.0. The molecule has 1 saturated carbocycles. The first-order chi connectivity index (χ1) is 19.4. The van der Waals surface area contributed by atoms with Crippen LogP contribution in [0.25, 0.3) is 0 Å². The molecule has 0 bridgehead atoms. The second-order valence-electron chi connectivity index (χ2n) is 11.0. The summed E-state index contributed by atoms with van der Waals surface area (Å²) in [6.45, 7) is 1.43. The quantitative estimate of drug-likeness (QED) is 0.246. The second-order valence-corrected chi connectivity index (χ2v) is 12.3. The predicted octanol–water partition coefficient (Wildman–Crippen LogP) is 3.80. The van der Waals surface area contributed by atoms with E-state index in [-0.39, 0.29) is 36.0 Å². The number of carbonyl (C=O) groups excluding carboxylic acids is 5. The first kappa shape index (κ1) is 27.5. The minimum Gasteiger partial charge on any atom is -0.504 e. The monoisotopic (exact) mass is 596 g/mol. The molecule has 1 N–H and O–H groups in total. The Bertz CT molecular complexity index is 1590. The number of allylic oxidation sites excluding steroid dienone is 2. The first-order valence-corrected chi connectivity index (χ1v) is 13.9. The van der Waals surface area contributed by atoms with Crippen molar-refractivity contribution in [2.75, 3.05) is 19.1 Å². The molecule has 0 aromatic heterocycles. The number of phenols is 1. The highest BCUT2D eigenvalue weighted by atomic mass is 35.5. The van der Waals surface area contributed by atoms with Crippen molar-refractivity contribution in [1.82, 2.24) is 4.90 Å². The third-order valence-electron chi connectivity index (χ3n) is 9.08. The molecule has 4 aliphatic rings. The van der Waals surface area contributed by atoms with Crippen LogP contribution >= 0.6 is 23.2 Å². The molecule has 2 aliphatic carbocycles. The van der Waals surface area contributed by atoms with Gasteiger partial charge in [0, 0.05) is 18.5 Å². The van der Waals surface area contributed by atoms with Crippen molar-refractivity contribution >= 4 is 58.3 Å². The first-order valence-electron chi connectivity index (χ1n) is 13.1. The number of fused-ring (bicyclic) bond motifs is 4. The number of benzene rings is 2. The highest BCUT2D eigenvalue weighted by Crippen LogP contribution is 2.65. The van der Waals surface area contributed by atoms with Gasteiger partial charge in [0.25, 0.3) is 11.8 Å². The SMILES string of the molecule is COc1ccc([C@H]2C3=CC[C@@H]4C(=O)N(c5ccc(C(C)=O)cc5)C(=O)[C@@H]4[C@@H]3C[C@@]3(Cl)C(=O)N(C)C(=O)[C@@]23Cl)cc1O. The van der Waals surface area contributed by atoms with E-state index in [2.05, 4.69) is 0 Å². The summed E-state index contributed by atoms with van der Waals surface area (Å²) in [6, 6.07) is 10.8. The third-order valence-corrected chi connectivity index (χ3v) is 10.5. The summed E-state index contributed by atoms with van der Waals surface area (Å²) in [5, 5.41) is 10.6. The van der Waals surface area contributed by atoms with Gasteiger partial charge in [0.15, 0.2) is 27.0 Å². The average molecular weight is 597 g/mol. The van der Waals surface area contributed by atoms with E-state index in [0.717, 1.165) is 9.80 Å². The number of alkyl halides is 2. The zero-order chi connectivity index (χ0) is 29.6. The number of likely N-dealkylation sites (tertiary alicyclic amines) is 1. The van der Waals surface area contributed by atoms with Crippen LogP contribution in [-0.4, -0.2) is 63.3 Å². The molecule has 41 heavy (non-hydrogen) atoms. The molecule has 4 amide bonds. The van der Waals surface area contributed by atoms with Crippen LogP contribution in [0.15, 0.2) is 54.1 Å². The minimum atomic E-state index is -1.94. The topological polar surface area (TPSA) is 121 Å². The Hall–Kier alpha value is -3.69. The largest absolute Gasteiger partial charge is 0.504 e. The van der Waals surface area contributed by atoms with Gasteiger partial charge in [-0.2, -0.15) is 0 Å². The Morgan fingerprint density at radius 2 is 1.68 bits per heavy atom. The van der Waals surface area contributed by atoms with Crippen molar-refractivity contribution in [2.24, 2.45) is 17.8 Å². The lowest BCUT2D eigenvalue weighted by atomic mass is 9.56. The maximum atomic E-state index is 14.0. The lowest BCUT2D eigenvalue weighted by Crippen LogP contribution is -2.60. The summed E-state index contributed by atoms with van der Waals surface area (Å²) >= 11 is 14.3. The van der Waals surface area contributed by atoms with Gasteiger partial charge >= 0.3 is 0 Å². The zero-order valence-electron chi connectivity index (χ0n) is 22.4. The molecule has 212 valence electrons. The smallest absolute Gasteiger partial charge is 0.253 e. The van der Waals surface area contributed by atoms with Crippen molar-refractivity contribution in [1.29, 1.82) is 0 Å². The molecule has 0 radical (unpaired) electrons. The van der Waals surface area contributed by atoms with Crippen molar-refractivity contribution in [3.05, 3.63) is 65.2 Å². The van der Waals surface area contributed by atoms with Crippen LogP contribution in [0.1, 0.15) is 41.6 Å². The Balaban J connectivity index is 1.48. The molecule has 11 heteroatoms. The Morgan fingerprint density at radius 1 is 1.00 bits per heavy atom. The molecule has 2 aromatic carbocycles. The Kier molecular flexibility index (Phi) is 6.14. The van der Waals surface area contributed by atoms with Gasteiger partial charge in [-0.25, -0.2) is 0 Å². The minimum absolute atomic E-state index is 0.130. The van der Waals surface area contributed by atoms with Gasteiger partial charge in [-0.05, 0) is 67.6 Å². The van der Waals surface area contributed by atoms with E-state index in [1.54, 1.807) is 30.3 Å². The fraction of sp³-hybridized carbons (Fsp3) is 0.367. The zero-order valence-corrected chi connectivity index (χ0v) is 23.9. The molecule has 0 unspecified atom stereocenters. The fourth-order valence-corrected chi connectivity index (χ4v) is 8.12. The summed E-state index contributed by atoms with van der Waals surface area (Å²) in [5.74, 6) is -5.56. The van der Waals surface area contributed by atoms with Gasteiger partial charge in [0.2, 0.25) is 11.8 Å². The third kappa shape index (κ3) is 3.51. The summed E-state index contributed by atoms with van der Waals surface area (Å²) < 4.78 is 5.18. The van der Waals surface area contributed by atoms with Crippen LogP contribution in [-0.2, 0) is 19.2 Å². The molecule has 9 nitrogen and oxygen atoms in total. The number of amides is 4. The van der Waals surface area contributed by atoms with Crippen LogP contribution in [0.4, 0.5) is 5.69 Å². The molecule has 0 spiro atoms. The number of nitrogens with zero attached hydrogens (tertiary/aromatic N) is 2. The van der Waals surface area contributed by atoms with Crippen LogP contribution < -0.4 is 9.64 Å². The lowest BCUT2D eigenvalue weighted by molar-refractivity contribution is -0.138. The number of hydrogen-bond acceptors (Lipinski definition) is 7. The summed E-state index contributed by atoms with van der Waals surface area (Å²) in [7, 11) is 2.72. The van der Waals surface area contributed by atoms with E-state index >= 15 is 0 Å². The summed E-state index contributed by atoms with van der Waals surface area (Å²) in [4.78, 5) is 64.7. The van der Waals surface area contributed by atoms with E-state index < -0.39 is 51.1 Å². The lowest BCUT2D eigenvalue weighted by Gasteiger charge is -2.50. The molecule has 6 atom stereocenters. The van der Waals surface area contributed by atoms with Crippen LogP contribution in [0.2, 0.25) is 0 Å². The number of ether oxygens (including phenoxy) is 1. The highest BCUT2D eigenvalue weighted by molar-refractivity contribution is 6.53. The van der Waals surface area contributed by atoms with Crippen LogP contribution in [0.3, 0.4) is 0 Å². The highest BCUT2D eigenvalue weighted by Gasteiger charge is 2.75. The van der Waals surface area contributed by atoms with Crippen molar-refractivity contribution in [2.45, 2.75) is 35.4 Å². The number of carbonyl (C=O) groups is 5. The number of Topliss-reactive ketones (excluding diaryl/α,β-unsaturated/α-hetero) is 1. The number of anilines is 1. The van der Waals surface area contributed by atoms with E-state index in [0.29, 0.717) is 22.4 Å². The van der Waals surface area contributed by atoms with Crippen molar-refractivity contribution < 1.29 is 33.8 Å². The number of imide groups is 2. The Morgan fingerprint density at radius 3 is 2.29 bits per heavy atom. The number of methoxy groups -OCH3 is 1. The van der Waals surface area contributed by atoms with Gasteiger partial charge in [-0.15, -0.1) is 23.2 Å². The summed E-state index contributed by atoms with van der Waals surface area (Å²) in [5.41, 5.74) is 1.83. The van der Waals surface area contributed by atoms with Crippen molar-refractivity contribution in [3.8, 4) is 11.5 Å². The normalized spacial score (nSPS) is 32.5. The van der Waals surface area contributed by atoms with E-state index in [9.17, 15) is 29.1 Å². The van der Waals surface area contributed by atoms with Gasteiger partial charge in [0.1, 0.15) is 0 Å². The van der Waals surface area contributed by atoms with Gasteiger partial charge < -0.3 is 9.84 Å². The van der Waals surface area contributed by atoms with Gasteiger partial charge in [-0.3, -0.25) is 33.8 Å². The number of ketones is 1. The number of rotatable bonds is 4. The molecule has 2 aromatic rings. The standard InChI is InChI=1S/C30H26Cl2N2O7/c1-14(35)15-4-7-17(8-5-15)34-25(37)19-10-9-18-20(23(19)26(34)38)13-29(31)27(39)33(2)28(40)30(29,32)24(18)16-6-11-22(41-3)21(36)12-16/h4-9,11-12,19-20,23-24,36H,10,13H2,1-3H3/t19-,20+,23-,24-,29+,30-/m0/s1. The number of phenolic OH excluding ortho intramolecular Hbond substituents is 1. The van der Waals surface area contributed by atoms with Gasteiger partial charge in [0.05, 0.1) is 24.6 Å². The number of aromatic hydroxyl groups is 1. The molecule has 2 saturated heterocycles. The predicted molar refractivity (Wildman–Crippen MR) is 149 cm³/mol. The van der Waals surface area contributed by atoms with Crippen LogP contribution in [0.5, 0.6) is 11.5 Å². The van der Waals surface area contributed by atoms with Gasteiger partial charge in [-0.1, -0.05) is 17.7 Å². The Labute approximate surface area is 245 Å². The molecule has 2 heterocycles. The number of halogens is 2. The molecule has 2 aliphatic heterocycles. The van der Waals surface area contributed by atoms with E-state index in [1.165, 1.54) is 33.2 Å². The van der Waals surface area contributed by atoms with Crippen molar-refractivity contribution in [3.63, 3.8) is 0 Å². The molecular weight excluding hydrogens is 571 g/mol. The fourth-order valence-electron chi connectivity index (χ4n) is 7.10. The van der Waals surface area contributed by atoms with Crippen LogP contribution in [0, 0.1) is 17.8 Å². The number of hydrogen-bond donors (Lipinski definition) is 1. The average Bonchev–Trinajstić information content (AvgIpc) is 3.28. The molecule has 6 rings (SSSR count). The van der Waals surface area contributed by atoms with E-state index in [1.807, 2.05) is 6.08 Å². The van der Waals surface area contributed by atoms with E-state index in [4.69, 9.17) is 27.9 Å². The summed E-state index contributed by atoms with van der Waals surface area (Å²) in [6.07, 6.45) is 1.90. The second kappa shape index (κ2) is 9.16.